The second-order valence-electron chi connectivity index (χ2n) is 11.1. The number of likely N-dealkylation sites (N-methyl/N-ethyl adjacent to an activating group) is 1. The van der Waals surface area contributed by atoms with Crippen LogP contribution in [0.2, 0.25) is 0 Å². The SMILES string of the molecule is CC[N+](C)(CCCN1CCCC[C@@H]1C(=O)Nc1c(C)cccc1C)CC(=O)Cc1c(C)cccc1C. The molecule has 0 aromatic heterocycles. The van der Waals surface area contributed by atoms with Crippen molar-refractivity contribution in [3.05, 3.63) is 64.2 Å². The summed E-state index contributed by atoms with van der Waals surface area (Å²) in [6, 6.07) is 12.3. The summed E-state index contributed by atoms with van der Waals surface area (Å²) < 4.78 is 0.747. The van der Waals surface area contributed by atoms with E-state index >= 15 is 0 Å². The van der Waals surface area contributed by atoms with E-state index in [1.54, 1.807) is 0 Å². The van der Waals surface area contributed by atoms with Gasteiger partial charge in [-0.3, -0.25) is 14.5 Å². The van der Waals surface area contributed by atoms with Crippen LogP contribution in [0.4, 0.5) is 5.69 Å². The maximum absolute atomic E-state index is 13.3. The number of quaternary nitrogens is 1. The molecule has 5 nitrogen and oxygen atoms in total. The van der Waals surface area contributed by atoms with E-state index in [0.29, 0.717) is 18.7 Å². The van der Waals surface area contributed by atoms with Crippen LogP contribution in [0, 0.1) is 27.7 Å². The molecule has 1 saturated heterocycles. The van der Waals surface area contributed by atoms with Crippen LogP contribution in [0.15, 0.2) is 36.4 Å². The number of amides is 1. The van der Waals surface area contributed by atoms with E-state index in [9.17, 15) is 9.59 Å². The Balaban J connectivity index is 1.57. The van der Waals surface area contributed by atoms with Gasteiger partial charge in [0.1, 0.15) is 6.54 Å². The molecule has 1 unspecified atom stereocenters. The van der Waals surface area contributed by atoms with E-state index < -0.39 is 0 Å². The van der Waals surface area contributed by atoms with Gasteiger partial charge in [0.15, 0.2) is 5.78 Å². The first-order chi connectivity index (χ1) is 17.1. The molecular weight excluding hydrogens is 446 g/mol. The number of hydrogen-bond acceptors (Lipinski definition) is 3. The third-order valence-electron chi connectivity index (χ3n) is 8.13. The number of anilines is 1. The number of para-hydroxylation sites is 1. The summed E-state index contributed by atoms with van der Waals surface area (Å²) in [5.74, 6) is 0.421. The molecule has 5 heteroatoms. The molecule has 0 radical (unpaired) electrons. The molecule has 3 rings (SSSR count). The van der Waals surface area contributed by atoms with Gasteiger partial charge in [0.25, 0.3) is 0 Å². The number of hydrogen-bond donors (Lipinski definition) is 1. The largest absolute Gasteiger partial charge is 0.324 e. The lowest BCUT2D eigenvalue weighted by atomic mass is 9.97. The number of likely N-dealkylation sites (tertiary alicyclic amines) is 1. The number of benzene rings is 2. The number of nitrogens with one attached hydrogen (secondary N) is 1. The molecule has 196 valence electrons. The molecule has 36 heavy (non-hydrogen) atoms. The minimum atomic E-state index is -0.0798. The van der Waals surface area contributed by atoms with E-state index in [0.717, 1.165) is 73.2 Å². The maximum atomic E-state index is 13.3. The van der Waals surface area contributed by atoms with Gasteiger partial charge < -0.3 is 9.80 Å². The van der Waals surface area contributed by atoms with Crippen LogP contribution in [-0.4, -0.2) is 66.9 Å². The number of carbonyl (C=O) groups is 2. The zero-order chi connectivity index (χ0) is 26.3. The lowest BCUT2D eigenvalue weighted by Crippen LogP contribution is -2.51. The summed E-state index contributed by atoms with van der Waals surface area (Å²) in [4.78, 5) is 28.7. The molecule has 1 N–H and O–H groups in total. The van der Waals surface area contributed by atoms with Gasteiger partial charge in [0, 0.05) is 25.1 Å². The van der Waals surface area contributed by atoms with Crippen molar-refractivity contribution in [2.45, 2.75) is 72.8 Å². The maximum Gasteiger partial charge on any atom is 0.241 e. The zero-order valence-corrected chi connectivity index (χ0v) is 23.3. The van der Waals surface area contributed by atoms with E-state index in [1.165, 1.54) is 16.7 Å². The summed E-state index contributed by atoms with van der Waals surface area (Å²) in [5.41, 5.74) is 6.73. The Kier molecular flexibility index (Phi) is 9.86. The molecule has 1 fully saturated rings. The average molecular weight is 493 g/mol. The summed E-state index contributed by atoms with van der Waals surface area (Å²) in [6.07, 6.45) is 4.64. The van der Waals surface area contributed by atoms with Crippen molar-refractivity contribution in [2.75, 3.05) is 45.1 Å². The summed E-state index contributed by atoms with van der Waals surface area (Å²) in [5, 5.41) is 3.23. The van der Waals surface area contributed by atoms with Crippen LogP contribution in [0.5, 0.6) is 0 Å². The first kappa shape index (κ1) is 28.1. The highest BCUT2D eigenvalue weighted by molar-refractivity contribution is 5.96. The zero-order valence-electron chi connectivity index (χ0n) is 23.3. The van der Waals surface area contributed by atoms with E-state index in [2.05, 4.69) is 56.2 Å². The third-order valence-corrected chi connectivity index (χ3v) is 8.13. The van der Waals surface area contributed by atoms with Crippen LogP contribution < -0.4 is 5.32 Å². The number of rotatable bonds is 11. The van der Waals surface area contributed by atoms with Crippen LogP contribution in [0.25, 0.3) is 0 Å². The quantitative estimate of drug-likeness (QED) is 0.428. The van der Waals surface area contributed by atoms with Crippen LogP contribution in [0.1, 0.15) is 60.4 Å². The van der Waals surface area contributed by atoms with E-state index in [4.69, 9.17) is 0 Å². The lowest BCUT2D eigenvalue weighted by Gasteiger charge is -2.37. The van der Waals surface area contributed by atoms with Crippen molar-refractivity contribution in [3.63, 3.8) is 0 Å². The van der Waals surface area contributed by atoms with Crippen molar-refractivity contribution in [1.29, 1.82) is 0 Å². The summed E-state index contributed by atoms with van der Waals surface area (Å²) in [6.45, 7) is 14.7. The molecule has 1 amide bonds. The first-order valence-corrected chi connectivity index (χ1v) is 13.6. The van der Waals surface area contributed by atoms with Gasteiger partial charge in [0.2, 0.25) is 5.91 Å². The van der Waals surface area contributed by atoms with Gasteiger partial charge in [-0.1, -0.05) is 42.8 Å². The fourth-order valence-electron chi connectivity index (χ4n) is 5.58. The Bertz CT molecular complexity index is 1020. The average Bonchev–Trinajstić information content (AvgIpc) is 2.84. The molecule has 1 heterocycles. The molecule has 0 bridgehead atoms. The van der Waals surface area contributed by atoms with Gasteiger partial charge in [-0.25, -0.2) is 0 Å². The van der Waals surface area contributed by atoms with Crippen molar-refractivity contribution < 1.29 is 14.1 Å². The number of ketones is 1. The standard InChI is InChI=1S/C31H45N3O2/c1-7-34(6,22-27(35)21-28-23(2)13-10-14-24(28)3)20-12-19-33-18-9-8-17-29(33)31(36)32-30-25(4)15-11-16-26(30)5/h10-11,13-16,29H,7-9,12,17-22H2,1-6H3/p+1/t29-,34?/m1/s1. The van der Waals surface area contributed by atoms with E-state index in [-0.39, 0.29) is 11.9 Å². The molecule has 0 aliphatic carbocycles. The van der Waals surface area contributed by atoms with Crippen LogP contribution >= 0.6 is 0 Å². The number of piperidine rings is 1. The first-order valence-electron chi connectivity index (χ1n) is 13.6. The summed E-state index contributed by atoms with van der Waals surface area (Å²) >= 11 is 0. The Labute approximate surface area is 218 Å². The lowest BCUT2D eigenvalue weighted by molar-refractivity contribution is -0.900. The van der Waals surface area contributed by atoms with Crippen molar-refractivity contribution in [2.24, 2.45) is 0 Å². The Morgan fingerprint density at radius 2 is 1.58 bits per heavy atom. The second kappa shape index (κ2) is 12.6. The normalized spacial score (nSPS) is 18.0. The smallest absolute Gasteiger partial charge is 0.241 e. The highest BCUT2D eigenvalue weighted by Crippen LogP contribution is 2.23. The van der Waals surface area contributed by atoms with Crippen molar-refractivity contribution in [3.8, 4) is 0 Å². The van der Waals surface area contributed by atoms with E-state index in [1.807, 2.05) is 32.0 Å². The number of carbonyl (C=O) groups excluding carboxylic acids is 2. The molecule has 2 aromatic carbocycles. The Morgan fingerprint density at radius 3 is 2.19 bits per heavy atom. The Hall–Kier alpha value is -2.50. The minimum absolute atomic E-state index is 0.0798. The fourth-order valence-corrected chi connectivity index (χ4v) is 5.58. The van der Waals surface area contributed by atoms with Gasteiger partial charge >= 0.3 is 0 Å². The molecule has 2 aromatic rings. The predicted octanol–water partition coefficient (Wildman–Crippen LogP) is 5.38. The molecular formula is C31H46N3O2+. The molecule has 2 atom stereocenters. The Morgan fingerprint density at radius 1 is 0.972 bits per heavy atom. The molecule has 0 spiro atoms. The van der Waals surface area contributed by atoms with Crippen molar-refractivity contribution >= 4 is 17.4 Å². The second-order valence-corrected chi connectivity index (χ2v) is 11.1. The van der Waals surface area contributed by atoms with Crippen LogP contribution in [-0.2, 0) is 16.0 Å². The van der Waals surface area contributed by atoms with Crippen molar-refractivity contribution in [1.82, 2.24) is 4.90 Å². The van der Waals surface area contributed by atoms with Gasteiger partial charge in [-0.15, -0.1) is 0 Å². The third kappa shape index (κ3) is 7.27. The summed E-state index contributed by atoms with van der Waals surface area (Å²) in [7, 11) is 2.20. The number of nitrogens with zero attached hydrogens (tertiary/aromatic N) is 2. The fraction of sp³-hybridized carbons (Fsp3) is 0.548. The van der Waals surface area contributed by atoms with Gasteiger partial charge in [0.05, 0.1) is 26.2 Å². The van der Waals surface area contributed by atoms with Gasteiger partial charge in [-0.05, 0) is 81.8 Å². The monoisotopic (exact) mass is 492 g/mol. The molecule has 1 aliphatic rings. The predicted molar refractivity (Wildman–Crippen MR) is 149 cm³/mol. The highest BCUT2D eigenvalue weighted by atomic mass is 16.2. The number of aryl methyl sites for hydroxylation is 4. The highest BCUT2D eigenvalue weighted by Gasteiger charge is 2.30. The van der Waals surface area contributed by atoms with Crippen LogP contribution in [0.3, 0.4) is 0 Å². The number of Topliss-reactive ketones (excluding diaryl/α,β-unsaturated/α-hetero) is 1. The minimum Gasteiger partial charge on any atom is -0.324 e. The topological polar surface area (TPSA) is 49.4 Å². The molecule has 1 aliphatic heterocycles. The molecule has 0 saturated carbocycles. The van der Waals surface area contributed by atoms with Gasteiger partial charge in [-0.2, -0.15) is 0 Å².